The highest BCUT2D eigenvalue weighted by Gasteiger charge is 2.42. The Balaban J connectivity index is 2.07. The van der Waals surface area contributed by atoms with Crippen molar-refractivity contribution in [1.29, 1.82) is 0 Å². The van der Waals surface area contributed by atoms with Gasteiger partial charge in [-0.15, -0.1) is 5.10 Å². The molecule has 1 aromatic heterocycles. The summed E-state index contributed by atoms with van der Waals surface area (Å²) >= 11 is 0. The first kappa shape index (κ1) is 9.14. The molecule has 0 atom stereocenters. The number of rotatable bonds is 4. The molecule has 1 aromatic rings. The van der Waals surface area contributed by atoms with Gasteiger partial charge >= 0.3 is 5.82 Å². The zero-order valence-corrected chi connectivity index (χ0v) is 7.56. The van der Waals surface area contributed by atoms with Crippen LogP contribution in [0.4, 0.5) is 5.82 Å². The van der Waals surface area contributed by atoms with Crippen molar-refractivity contribution < 1.29 is 10.0 Å². The maximum Gasteiger partial charge on any atom is 0.342 e. The van der Waals surface area contributed by atoms with Crippen LogP contribution in [0.3, 0.4) is 0 Å². The number of nitro groups is 1. The molecule has 1 aliphatic carbocycles. The average molecular weight is 197 g/mol. The molecule has 76 valence electrons. The lowest BCUT2D eigenvalue weighted by molar-refractivity contribution is -0.389. The summed E-state index contributed by atoms with van der Waals surface area (Å²) in [5.74, 6) is -0.0891. The molecule has 6 heteroatoms. The first-order chi connectivity index (χ1) is 6.65. The second-order valence-electron chi connectivity index (χ2n) is 3.84. The molecule has 6 nitrogen and oxygen atoms in total. The third kappa shape index (κ3) is 1.60. The van der Waals surface area contributed by atoms with Gasteiger partial charge in [0.15, 0.2) is 0 Å². The number of hydrogen-bond donors (Lipinski definition) is 2. The summed E-state index contributed by atoms with van der Waals surface area (Å²) in [7, 11) is 0. The van der Waals surface area contributed by atoms with Crippen LogP contribution in [0.25, 0.3) is 0 Å². The van der Waals surface area contributed by atoms with Crippen molar-refractivity contribution in [2.45, 2.75) is 19.3 Å². The molecule has 0 bridgehead atoms. The van der Waals surface area contributed by atoms with Crippen molar-refractivity contribution in [1.82, 2.24) is 10.2 Å². The molecule has 0 spiro atoms. The van der Waals surface area contributed by atoms with Crippen LogP contribution in [0.5, 0.6) is 0 Å². The lowest BCUT2D eigenvalue weighted by Crippen LogP contribution is -2.10. The lowest BCUT2D eigenvalue weighted by Gasteiger charge is -2.06. The number of aromatic nitrogens is 2. The molecule has 0 aliphatic heterocycles. The van der Waals surface area contributed by atoms with Gasteiger partial charge in [0.05, 0.1) is 11.8 Å². The Hall–Kier alpha value is -1.43. The highest BCUT2D eigenvalue weighted by Crippen LogP contribution is 2.47. The van der Waals surface area contributed by atoms with Gasteiger partial charge in [0.25, 0.3) is 0 Å². The van der Waals surface area contributed by atoms with Crippen molar-refractivity contribution in [2.24, 2.45) is 5.41 Å². The van der Waals surface area contributed by atoms with E-state index in [2.05, 4.69) is 10.2 Å². The van der Waals surface area contributed by atoms with Gasteiger partial charge in [-0.1, -0.05) is 5.10 Å². The van der Waals surface area contributed by atoms with Gasteiger partial charge in [-0.2, -0.15) is 0 Å². The summed E-state index contributed by atoms with van der Waals surface area (Å²) in [5.41, 5.74) is 0.603. The summed E-state index contributed by atoms with van der Waals surface area (Å²) in [5, 5.41) is 25.6. The van der Waals surface area contributed by atoms with E-state index in [9.17, 15) is 10.1 Å². The second-order valence-corrected chi connectivity index (χ2v) is 3.84. The molecular formula is C8H11N3O3. The molecule has 14 heavy (non-hydrogen) atoms. The molecule has 0 unspecified atom stereocenters. The van der Waals surface area contributed by atoms with Crippen LogP contribution in [0.1, 0.15) is 18.5 Å². The summed E-state index contributed by atoms with van der Waals surface area (Å²) in [6.07, 6.45) is 2.57. The number of aromatic amines is 1. The quantitative estimate of drug-likeness (QED) is 0.547. The third-order valence-corrected chi connectivity index (χ3v) is 2.66. The molecule has 2 rings (SSSR count). The third-order valence-electron chi connectivity index (χ3n) is 2.66. The summed E-state index contributed by atoms with van der Waals surface area (Å²) in [6, 6.07) is 1.43. The van der Waals surface area contributed by atoms with Gasteiger partial charge in [-0.05, 0) is 23.2 Å². The summed E-state index contributed by atoms with van der Waals surface area (Å²) < 4.78 is 0. The monoisotopic (exact) mass is 197 g/mol. The van der Waals surface area contributed by atoms with E-state index in [1.165, 1.54) is 6.07 Å². The zero-order valence-electron chi connectivity index (χ0n) is 7.56. The molecule has 1 fully saturated rings. The fourth-order valence-electron chi connectivity index (χ4n) is 1.49. The molecular weight excluding hydrogens is 186 g/mol. The minimum Gasteiger partial charge on any atom is -0.396 e. The van der Waals surface area contributed by atoms with Crippen molar-refractivity contribution in [3.8, 4) is 0 Å². The first-order valence-corrected chi connectivity index (χ1v) is 4.45. The van der Waals surface area contributed by atoms with Crippen LogP contribution in [0.15, 0.2) is 6.07 Å². The van der Waals surface area contributed by atoms with Gasteiger partial charge in [-0.25, -0.2) is 0 Å². The summed E-state index contributed by atoms with van der Waals surface area (Å²) in [6.45, 7) is 0.133. The van der Waals surface area contributed by atoms with Crippen LogP contribution in [-0.4, -0.2) is 26.8 Å². The van der Waals surface area contributed by atoms with Crippen molar-refractivity contribution >= 4 is 5.82 Å². The van der Waals surface area contributed by atoms with Crippen LogP contribution in [-0.2, 0) is 6.42 Å². The van der Waals surface area contributed by atoms with Crippen LogP contribution >= 0.6 is 0 Å². The SMILES string of the molecule is O=[N+]([O-])c1cc(CC2(CO)CC2)n[nH]1. The molecule has 0 saturated heterocycles. The van der Waals surface area contributed by atoms with E-state index in [1.807, 2.05) is 0 Å². The van der Waals surface area contributed by atoms with Crippen LogP contribution in [0.2, 0.25) is 0 Å². The highest BCUT2D eigenvalue weighted by molar-refractivity contribution is 5.22. The molecule has 0 radical (unpaired) electrons. The average Bonchev–Trinajstić information content (AvgIpc) is 2.75. The minimum absolute atomic E-state index is 0.0525. The number of hydrogen-bond acceptors (Lipinski definition) is 4. The van der Waals surface area contributed by atoms with E-state index in [1.54, 1.807) is 0 Å². The molecule has 0 amide bonds. The number of nitrogens with zero attached hydrogens (tertiary/aromatic N) is 2. The molecule has 0 aromatic carbocycles. The summed E-state index contributed by atoms with van der Waals surface area (Å²) in [4.78, 5) is 9.85. The van der Waals surface area contributed by atoms with E-state index < -0.39 is 4.92 Å². The van der Waals surface area contributed by atoms with Gasteiger partial charge in [0.1, 0.15) is 0 Å². The van der Waals surface area contributed by atoms with Gasteiger partial charge in [0, 0.05) is 13.0 Å². The van der Waals surface area contributed by atoms with Crippen LogP contribution < -0.4 is 0 Å². The van der Waals surface area contributed by atoms with E-state index >= 15 is 0 Å². The molecule has 1 saturated carbocycles. The normalized spacial score (nSPS) is 18.1. The van der Waals surface area contributed by atoms with E-state index in [-0.39, 0.29) is 17.8 Å². The molecule has 2 N–H and O–H groups in total. The fraction of sp³-hybridized carbons (Fsp3) is 0.625. The van der Waals surface area contributed by atoms with Crippen molar-refractivity contribution in [3.63, 3.8) is 0 Å². The van der Waals surface area contributed by atoms with Crippen LogP contribution in [0, 0.1) is 15.5 Å². The number of aliphatic hydroxyl groups excluding tert-OH is 1. The maximum absolute atomic E-state index is 10.3. The van der Waals surface area contributed by atoms with E-state index in [0.29, 0.717) is 12.1 Å². The Bertz CT molecular complexity index is 356. The van der Waals surface area contributed by atoms with E-state index in [0.717, 1.165) is 12.8 Å². The number of nitrogens with one attached hydrogen (secondary N) is 1. The van der Waals surface area contributed by atoms with E-state index in [4.69, 9.17) is 5.11 Å². The Morgan fingerprint density at radius 2 is 2.43 bits per heavy atom. The topological polar surface area (TPSA) is 92.1 Å². The number of H-pyrrole nitrogens is 1. The lowest BCUT2D eigenvalue weighted by atomic mass is 10.0. The Kier molecular flexibility index (Phi) is 1.99. The largest absolute Gasteiger partial charge is 0.396 e. The Morgan fingerprint density at radius 1 is 1.71 bits per heavy atom. The van der Waals surface area contributed by atoms with Gasteiger partial charge < -0.3 is 15.2 Å². The van der Waals surface area contributed by atoms with Gasteiger partial charge in [0.2, 0.25) is 0 Å². The molecule has 1 aliphatic rings. The highest BCUT2D eigenvalue weighted by atomic mass is 16.6. The zero-order chi connectivity index (χ0) is 10.2. The standard InChI is InChI=1S/C8H11N3O3/c12-5-8(1-2-8)4-6-3-7(10-9-6)11(13)14/h3,12H,1-2,4-5H2,(H,9,10). The number of aliphatic hydroxyl groups is 1. The maximum atomic E-state index is 10.3. The predicted octanol–water partition coefficient (Wildman–Crippen LogP) is 0.633. The van der Waals surface area contributed by atoms with Gasteiger partial charge in [-0.3, -0.25) is 0 Å². The predicted molar refractivity (Wildman–Crippen MR) is 47.7 cm³/mol. The smallest absolute Gasteiger partial charge is 0.342 e. The van der Waals surface area contributed by atoms with Crippen molar-refractivity contribution in [3.05, 3.63) is 21.9 Å². The second kappa shape index (κ2) is 3.06. The minimum atomic E-state index is -0.505. The Labute approximate surface area is 80.1 Å². The fourth-order valence-corrected chi connectivity index (χ4v) is 1.49. The van der Waals surface area contributed by atoms with Crippen molar-refractivity contribution in [2.75, 3.05) is 6.61 Å². The molecule has 1 heterocycles. The first-order valence-electron chi connectivity index (χ1n) is 4.45. The Morgan fingerprint density at radius 3 is 2.86 bits per heavy atom.